The SMILES string of the molecule is COC(=O)Nc1cccc(Cl)c1. The number of carbonyl (C=O) groups is 1. The molecule has 0 aliphatic carbocycles. The Bertz CT molecular complexity index is 288. The van der Waals surface area contributed by atoms with Gasteiger partial charge in [0, 0.05) is 10.7 Å². The van der Waals surface area contributed by atoms with Crippen molar-refractivity contribution in [1.82, 2.24) is 0 Å². The number of ether oxygens (including phenoxy) is 1. The van der Waals surface area contributed by atoms with Crippen LogP contribution in [0.5, 0.6) is 0 Å². The largest absolute Gasteiger partial charge is 0.453 e. The van der Waals surface area contributed by atoms with Crippen molar-refractivity contribution >= 4 is 23.4 Å². The van der Waals surface area contributed by atoms with E-state index in [1.54, 1.807) is 24.3 Å². The van der Waals surface area contributed by atoms with Crippen LogP contribution in [0.15, 0.2) is 24.3 Å². The van der Waals surface area contributed by atoms with Gasteiger partial charge in [0.25, 0.3) is 0 Å². The van der Waals surface area contributed by atoms with E-state index in [4.69, 9.17) is 11.6 Å². The minimum atomic E-state index is -0.503. The number of halogens is 1. The van der Waals surface area contributed by atoms with Crippen molar-refractivity contribution in [3.05, 3.63) is 29.3 Å². The lowest BCUT2D eigenvalue weighted by molar-refractivity contribution is 0.187. The fourth-order valence-electron chi connectivity index (χ4n) is 0.735. The molecular formula is C8H8ClNO2. The van der Waals surface area contributed by atoms with Crippen molar-refractivity contribution < 1.29 is 9.53 Å². The molecule has 0 bridgehead atoms. The number of nitrogens with one attached hydrogen (secondary N) is 1. The van der Waals surface area contributed by atoms with E-state index in [1.165, 1.54) is 7.11 Å². The molecule has 12 heavy (non-hydrogen) atoms. The number of anilines is 1. The molecule has 0 saturated heterocycles. The number of hydrogen-bond donors (Lipinski definition) is 1. The van der Waals surface area contributed by atoms with E-state index in [-0.39, 0.29) is 0 Å². The summed E-state index contributed by atoms with van der Waals surface area (Å²) in [4.78, 5) is 10.7. The highest BCUT2D eigenvalue weighted by molar-refractivity contribution is 6.30. The minimum Gasteiger partial charge on any atom is -0.453 e. The maximum absolute atomic E-state index is 10.7. The van der Waals surface area contributed by atoms with Gasteiger partial charge in [-0.1, -0.05) is 17.7 Å². The summed E-state index contributed by atoms with van der Waals surface area (Å²) in [6, 6.07) is 6.83. The highest BCUT2D eigenvalue weighted by atomic mass is 35.5. The summed E-state index contributed by atoms with van der Waals surface area (Å²) < 4.78 is 4.40. The summed E-state index contributed by atoms with van der Waals surface area (Å²) in [5.74, 6) is 0. The lowest BCUT2D eigenvalue weighted by Crippen LogP contribution is -2.10. The second kappa shape index (κ2) is 3.97. The quantitative estimate of drug-likeness (QED) is 0.730. The molecule has 64 valence electrons. The molecule has 1 amide bonds. The lowest BCUT2D eigenvalue weighted by atomic mass is 10.3. The third kappa shape index (κ3) is 2.43. The summed E-state index contributed by atoms with van der Waals surface area (Å²) in [5.41, 5.74) is 0.620. The van der Waals surface area contributed by atoms with E-state index in [2.05, 4.69) is 10.1 Å². The van der Waals surface area contributed by atoms with E-state index in [9.17, 15) is 4.79 Å². The molecule has 0 saturated carbocycles. The zero-order valence-electron chi connectivity index (χ0n) is 6.50. The third-order valence-electron chi connectivity index (χ3n) is 1.26. The van der Waals surface area contributed by atoms with Crippen LogP contribution in [0.4, 0.5) is 10.5 Å². The Hall–Kier alpha value is -1.22. The van der Waals surface area contributed by atoms with Gasteiger partial charge in [0.05, 0.1) is 7.11 Å². The van der Waals surface area contributed by atoms with E-state index < -0.39 is 6.09 Å². The van der Waals surface area contributed by atoms with Gasteiger partial charge in [-0.25, -0.2) is 4.79 Å². The fraction of sp³-hybridized carbons (Fsp3) is 0.125. The summed E-state index contributed by atoms with van der Waals surface area (Å²) >= 11 is 5.68. The molecule has 0 unspecified atom stereocenters. The Balaban J connectivity index is 2.69. The molecule has 1 rings (SSSR count). The number of benzene rings is 1. The molecule has 0 atom stereocenters. The molecular weight excluding hydrogens is 178 g/mol. The molecule has 3 nitrogen and oxygen atoms in total. The Labute approximate surface area is 75.3 Å². The van der Waals surface area contributed by atoms with Crippen LogP contribution in [0.2, 0.25) is 5.02 Å². The van der Waals surface area contributed by atoms with Crippen molar-refractivity contribution in [2.24, 2.45) is 0 Å². The third-order valence-corrected chi connectivity index (χ3v) is 1.49. The van der Waals surface area contributed by atoms with Gasteiger partial charge in [0.1, 0.15) is 0 Å². The predicted octanol–water partition coefficient (Wildman–Crippen LogP) is 2.52. The van der Waals surface area contributed by atoms with Crippen LogP contribution in [0.1, 0.15) is 0 Å². The number of rotatable bonds is 1. The van der Waals surface area contributed by atoms with Gasteiger partial charge in [-0.15, -0.1) is 0 Å². The van der Waals surface area contributed by atoms with Gasteiger partial charge in [-0.3, -0.25) is 5.32 Å². The van der Waals surface area contributed by atoms with Crippen LogP contribution in [-0.2, 0) is 4.74 Å². The van der Waals surface area contributed by atoms with E-state index >= 15 is 0 Å². The maximum Gasteiger partial charge on any atom is 0.411 e. The first-order valence-corrected chi connectivity index (χ1v) is 3.70. The molecule has 0 radical (unpaired) electrons. The molecule has 0 spiro atoms. The molecule has 0 fully saturated rings. The average molecular weight is 186 g/mol. The molecule has 1 aromatic carbocycles. The first kappa shape index (κ1) is 8.87. The molecule has 0 aromatic heterocycles. The molecule has 0 aliphatic rings. The Kier molecular flexibility index (Phi) is 2.94. The van der Waals surface area contributed by atoms with Crippen LogP contribution in [0.25, 0.3) is 0 Å². The van der Waals surface area contributed by atoms with Gasteiger partial charge in [-0.2, -0.15) is 0 Å². The Morgan fingerprint density at radius 2 is 2.33 bits per heavy atom. The smallest absolute Gasteiger partial charge is 0.411 e. The monoisotopic (exact) mass is 185 g/mol. The van der Waals surface area contributed by atoms with Gasteiger partial charge < -0.3 is 4.74 Å². The maximum atomic E-state index is 10.7. The molecule has 1 N–H and O–H groups in total. The van der Waals surface area contributed by atoms with Crippen molar-refractivity contribution in [1.29, 1.82) is 0 Å². The van der Waals surface area contributed by atoms with Crippen LogP contribution >= 0.6 is 11.6 Å². The highest BCUT2D eigenvalue weighted by Gasteiger charge is 1.99. The van der Waals surface area contributed by atoms with Crippen molar-refractivity contribution in [3.8, 4) is 0 Å². The second-order valence-electron chi connectivity index (χ2n) is 2.13. The predicted molar refractivity (Wildman–Crippen MR) is 47.5 cm³/mol. The molecule has 1 aromatic rings. The van der Waals surface area contributed by atoms with E-state index in [1.807, 2.05) is 0 Å². The number of amides is 1. The normalized spacial score (nSPS) is 9.17. The van der Waals surface area contributed by atoms with Gasteiger partial charge in [0.15, 0.2) is 0 Å². The van der Waals surface area contributed by atoms with Gasteiger partial charge in [-0.05, 0) is 18.2 Å². The van der Waals surface area contributed by atoms with Crippen LogP contribution in [0, 0.1) is 0 Å². The highest BCUT2D eigenvalue weighted by Crippen LogP contribution is 2.14. The Morgan fingerprint density at radius 1 is 1.58 bits per heavy atom. The molecule has 0 heterocycles. The fourth-order valence-corrected chi connectivity index (χ4v) is 0.925. The van der Waals surface area contributed by atoms with Crippen molar-refractivity contribution in [2.45, 2.75) is 0 Å². The zero-order valence-corrected chi connectivity index (χ0v) is 7.26. The van der Waals surface area contributed by atoms with Crippen molar-refractivity contribution in [3.63, 3.8) is 0 Å². The first-order chi connectivity index (χ1) is 5.72. The van der Waals surface area contributed by atoms with E-state index in [0.717, 1.165) is 0 Å². The number of hydrogen-bond acceptors (Lipinski definition) is 2. The minimum absolute atomic E-state index is 0.503. The average Bonchev–Trinajstić information content (AvgIpc) is 2.04. The lowest BCUT2D eigenvalue weighted by Gasteiger charge is -2.02. The molecule has 4 heteroatoms. The second-order valence-corrected chi connectivity index (χ2v) is 2.56. The van der Waals surface area contributed by atoms with Gasteiger partial charge >= 0.3 is 6.09 Å². The van der Waals surface area contributed by atoms with E-state index in [0.29, 0.717) is 10.7 Å². The topological polar surface area (TPSA) is 38.3 Å². The van der Waals surface area contributed by atoms with Gasteiger partial charge in [0.2, 0.25) is 0 Å². The number of methoxy groups -OCH3 is 1. The molecule has 0 aliphatic heterocycles. The van der Waals surface area contributed by atoms with Crippen LogP contribution < -0.4 is 5.32 Å². The summed E-state index contributed by atoms with van der Waals surface area (Å²) in [6.07, 6.45) is -0.503. The van der Waals surface area contributed by atoms with Crippen molar-refractivity contribution in [2.75, 3.05) is 12.4 Å². The Morgan fingerprint density at radius 3 is 2.92 bits per heavy atom. The summed E-state index contributed by atoms with van der Waals surface area (Å²) in [6.45, 7) is 0. The van der Waals surface area contributed by atoms with Crippen LogP contribution in [0.3, 0.4) is 0 Å². The standard InChI is InChI=1S/C8H8ClNO2/c1-12-8(11)10-7-4-2-3-6(9)5-7/h2-5H,1H3,(H,10,11). The van der Waals surface area contributed by atoms with Crippen LogP contribution in [-0.4, -0.2) is 13.2 Å². The first-order valence-electron chi connectivity index (χ1n) is 3.33. The summed E-state index contributed by atoms with van der Waals surface area (Å²) in [5, 5.41) is 3.06. The summed E-state index contributed by atoms with van der Waals surface area (Å²) in [7, 11) is 1.31. The number of carbonyl (C=O) groups excluding carboxylic acids is 1. The zero-order chi connectivity index (χ0) is 8.97.